The SMILES string of the molecule is Cc1cc(C(=O)OCC(=O)N[C@@H](C)c2ccccc2Cl)c(C)n1C1CC1. The third kappa shape index (κ3) is 3.93. The monoisotopic (exact) mass is 374 g/mol. The zero-order valence-electron chi connectivity index (χ0n) is 15.2. The van der Waals surface area contributed by atoms with Crippen LogP contribution in [0, 0.1) is 13.8 Å². The lowest BCUT2D eigenvalue weighted by Gasteiger charge is -2.15. The molecule has 5 nitrogen and oxygen atoms in total. The van der Waals surface area contributed by atoms with Gasteiger partial charge in [-0.15, -0.1) is 0 Å². The van der Waals surface area contributed by atoms with E-state index in [1.54, 1.807) is 6.07 Å². The molecule has 3 rings (SSSR count). The van der Waals surface area contributed by atoms with Gasteiger partial charge < -0.3 is 14.6 Å². The normalized spacial score (nSPS) is 14.8. The Balaban J connectivity index is 1.57. The molecular weight excluding hydrogens is 352 g/mol. The van der Waals surface area contributed by atoms with E-state index in [2.05, 4.69) is 9.88 Å². The van der Waals surface area contributed by atoms with Gasteiger partial charge in [0.25, 0.3) is 5.91 Å². The van der Waals surface area contributed by atoms with E-state index >= 15 is 0 Å². The van der Waals surface area contributed by atoms with Crippen molar-refractivity contribution < 1.29 is 14.3 Å². The molecule has 1 aromatic carbocycles. The van der Waals surface area contributed by atoms with Gasteiger partial charge in [0.05, 0.1) is 11.6 Å². The highest BCUT2D eigenvalue weighted by Gasteiger charge is 2.29. The van der Waals surface area contributed by atoms with Crippen LogP contribution in [0.4, 0.5) is 0 Å². The predicted octanol–water partition coefficient (Wildman–Crippen LogP) is 4.13. The number of benzene rings is 1. The van der Waals surface area contributed by atoms with Gasteiger partial charge in [-0.3, -0.25) is 4.79 Å². The van der Waals surface area contributed by atoms with Crippen molar-refractivity contribution in [1.29, 1.82) is 0 Å². The van der Waals surface area contributed by atoms with Crippen LogP contribution in [0.15, 0.2) is 30.3 Å². The summed E-state index contributed by atoms with van der Waals surface area (Å²) in [5.74, 6) is -0.827. The maximum Gasteiger partial charge on any atom is 0.340 e. The molecule has 1 saturated carbocycles. The van der Waals surface area contributed by atoms with Crippen molar-refractivity contribution in [1.82, 2.24) is 9.88 Å². The van der Waals surface area contributed by atoms with Crippen molar-refractivity contribution in [3.63, 3.8) is 0 Å². The van der Waals surface area contributed by atoms with Gasteiger partial charge in [-0.1, -0.05) is 29.8 Å². The van der Waals surface area contributed by atoms with E-state index in [1.165, 1.54) is 0 Å². The first kappa shape index (κ1) is 18.5. The number of esters is 1. The molecule has 1 atom stereocenters. The lowest BCUT2D eigenvalue weighted by atomic mass is 10.1. The van der Waals surface area contributed by atoms with Crippen molar-refractivity contribution >= 4 is 23.5 Å². The molecule has 0 radical (unpaired) electrons. The highest BCUT2D eigenvalue weighted by atomic mass is 35.5. The van der Waals surface area contributed by atoms with Crippen LogP contribution in [-0.2, 0) is 9.53 Å². The van der Waals surface area contributed by atoms with Gasteiger partial charge in [-0.25, -0.2) is 4.79 Å². The van der Waals surface area contributed by atoms with Gasteiger partial charge in [0.1, 0.15) is 0 Å². The number of rotatable bonds is 6. The highest BCUT2D eigenvalue weighted by molar-refractivity contribution is 6.31. The Morgan fingerprint density at radius 2 is 2.00 bits per heavy atom. The third-order valence-corrected chi connectivity index (χ3v) is 5.04. The number of carbonyl (C=O) groups excluding carboxylic acids is 2. The number of nitrogens with one attached hydrogen (secondary N) is 1. The Hall–Kier alpha value is -2.27. The molecular formula is C20H23ClN2O3. The van der Waals surface area contributed by atoms with Crippen molar-refractivity contribution in [2.75, 3.05) is 6.61 Å². The molecule has 1 N–H and O–H groups in total. The molecule has 1 aromatic heterocycles. The summed E-state index contributed by atoms with van der Waals surface area (Å²) in [6, 6.07) is 9.38. The maximum atomic E-state index is 12.4. The molecule has 2 aromatic rings. The number of aromatic nitrogens is 1. The minimum absolute atomic E-state index is 0.269. The topological polar surface area (TPSA) is 60.3 Å². The minimum atomic E-state index is -0.467. The number of aryl methyl sites for hydroxylation is 1. The van der Waals surface area contributed by atoms with Gasteiger partial charge in [0.2, 0.25) is 0 Å². The van der Waals surface area contributed by atoms with E-state index in [0.717, 1.165) is 29.8 Å². The summed E-state index contributed by atoms with van der Waals surface area (Å²) in [5, 5.41) is 3.39. The van der Waals surface area contributed by atoms with Crippen molar-refractivity contribution in [3.05, 3.63) is 57.9 Å². The first-order valence-corrected chi connectivity index (χ1v) is 9.15. The van der Waals surface area contributed by atoms with E-state index in [0.29, 0.717) is 16.6 Å². The van der Waals surface area contributed by atoms with Crippen molar-refractivity contribution in [3.8, 4) is 0 Å². The molecule has 1 aliphatic rings. The number of halogens is 1. The fourth-order valence-electron chi connectivity index (χ4n) is 3.27. The number of nitrogens with zero attached hydrogens (tertiary/aromatic N) is 1. The van der Waals surface area contributed by atoms with Crippen molar-refractivity contribution in [2.24, 2.45) is 0 Å². The first-order valence-electron chi connectivity index (χ1n) is 8.77. The molecule has 1 amide bonds. The highest BCUT2D eigenvalue weighted by Crippen LogP contribution is 2.38. The second-order valence-corrected chi connectivity index (χ2v) is 7.18. The largest absolute Gasteiger partial charge is 0.452 e. The zero-order valence-corrected chi connectivity index (χ0v) is 16.0. The summed E-state index contributed by atoms with van der Waals surface area (Å²) in [4.78, 5) is 24.5. The molecule has 138 valence electrons. The fourth-order valence-corrected chi connectivity index (χ4v) is 3.57. The average Bonchev–Trinajstić information content (AvgIpc) is 3.38. The van der Waals surface area contributed by atoms with Crippen LogP contribution >= 0.6 is 11.6 Å². The molecule has 0 saturated heterocycles. The Labute approximate surface area is 158 Å². The molecule has 0 spiro atoms. The molecule has 1 heterocycles. The van der Waals surface area contributed by atoms with E-state index in [1.807, 2.05) is 45.0 Å². The number of hydrogen-bond acceptors (Lipinski definition) is 3. The standard InChI is InChI=1S/C20H23ClN2O3/c1-12-10-17(14(3)23(12)15-8-9-15)20(25)26-11-19(24)22-13(2)16-6-4-5-7-18(16)21/h4-7,10,13,15H,8-9,11H2,1-3H3,(H,22,24)/t13-/m0/s1. The summed E-state index contributed by atoms with van der Waals surface area (Å²) in [6.07, 6.45) is 2.29. The maximum absolute atomic E-state index is 12.4. The van der Waals surface area contributed by atoms with Gasteiger partial charge in [0.15, 0.2) is 6.61 Å². The van der Waals surface area contributed by atoms with Gasteiger partial charge in [0, 0.05) is 22.5 Å². The number of hydrogen-bond donors (Lipinski definition) is 1. The molecule has 1 aliphatic carbocycles. The molecule has 0 bridgehead atoms. The number of ether oxygens (including phenoxy) is 1. The van der Waals surface area contributed by atoms with Crippen LogP contribution in [0.2, 0.25) is 5.02 Å². The Bertz CT molecular complexity index is 840. The van der Waals surface area contributed by atoms with Crippen LogP contribution in [0.25, 0.3) is 0 Å². The van der Waals surface area contributed by atoms with Crippen LogP contribution in [0.3, 0.4) is 0 Å². The summed E-state index contributed by atoms with van der Waals surface area (Å²) in [5.41, 5.74) is 3.30. The van der Waals surface area contributed by atoms with Crippen LogP contribution in [-0.4, -0.2) is 23.1 Å². The summed E-state index contributed by atoms with van der Waals surface area (Å²) in [7, 11) is 0. The van der Waals surface area contributed by atoms with Gasteiger partial charge >= 0.3 is 5.97 Å². The van der Waals surface area contributed by atoms with Crippen LogP contribution in [0.5, 0.6) is 0 Å². The minimum Gasteiger partial charge on any atom is -0.452 e. The van der Waals surface area contributed by atoms with E-state index in [-0.39, 0.29) is 18.6 Å². The smallest absolute Gasteiger partial charge is 0.340 e. The Kier molecular flexibility index (Phi) is 5.37. The number of amides is 1. The lowest BCUT2D eigenvalue weighted by Crippen LogP contribution is -2.31. The van der Waals surface area contributed by atoms with Crippen LogP contribution in [0.1, 0.15) is 59.2 Å². The third-order valence-electron chi connectivity index (χ3n) is 4.70. The molecule has 0 unspecified atom stereocenters. The zero-order chi connectivity index (χ0) is 18.8. The molecule has 26 heavy (non-hydrogen) atoms. The Morgan fingerprint density at radius 3 is 2.65 bits per heavy atom. The Morgan fingerprint density at radius 1 is 1.31 bits per heavy atom. The summed E-state index contributed by atoms with van der Waals surface area (Å²) < 4.78 is 7.39. The lowest BCUT2D eigenvalue weighted by molar-refractivity contribution is -0.124. The summed E-state index contributed by atoms with van der Waals surface area (Å²) >= 11 is 6.14. The van der Waals surface area contributed by atoms with E-state index in [4.69, 9.17) is 16.3 Å². The quantitative estimate of drug-likeness (QED) is 0.773. The number of carbonyl (C=O) groups is 2. The van der Waals surface area contributed by atoms with Gasteiger partial charge in [-0.2, -0.15) is 0 Å². The second-order valence-electron chi connectivity index (χ2n) is 6.77. The first-order chi connectivity index (χ1) is 12.4. The molecule has 0 aliphatic heterocycles. The fraction of sp³-hybridized carbons (Fsp3) is 0.400. The average molecular weight is 375 g/mol. The van der Waals surface area contributed by atoms with Crippen molar-refractivity contribution in [2.45, 2.75) is 45.7 Å². The predicted molar refractivity (Wildman–Crippen MR) is 100 cm³/mol. The van der Waals surface area contributed by atoms with Gasteiger partial charge in [-0.05, 0) is 51.3 Å². The molecule has 1 fully saturated rings. The summed E-state index contributed by atoms with van der Waals surface area (Å²) in [6.45, 7) is 5.42. The second kappa shape index (κ2) is 7.54. The molecule has 6 heteroatoms. The van der Waals surface area contributed by atoms with E-state index in [9.17, 15) is 9.59 Å². The van der Waals surface area contributed by atoms with E-state index < -0.39 is 5.97 Å². The van der Waals surface area contributed by atoms with Crippen LogP contribution < -0.4 is 5.32 Å².